The summed E-state index contributed by atoms with van der Waals surface area (Å²) in [4.78, 5) is 0. The molecule has 78 valence electrons. The monoisotopic (exact) mass is 242 g/mol. The molecular weight excluding hydrogens is 235 g/mol. The minimum atomic E-state index is -0.0712. The first kappa shape index (κ1) is 10.5. The third-order valence-electron chi connectivity index (χ3n) is 2.01. The molecular formula is C10H8Cl2N2O. The smallest absolute Gasteiger partial charge is 0.0939 e. The van der Waals surface area contributed by atoms with E-state index < -0.39 is 0 Å². The highest BCUT2D eigenvalue weighted by Gasteiger charge is 2.07. The van der Waals surface area contributed by atoms with Crippen molar-refractivity contribution in [1.82, 2.24) is 10.2 Å². The molecule has 0 aliphatic rings. The molecule has 3 nitrogen and oxygen atoms in total. The number of hydrogen-bond acceptors (Lipinski definition) is 2. The van der Waals surface area contributed by atoms with Gasteiger partial charge in [0.15, 0.2) is 0 Å². The predicted octanol–water partition coefficient (Wildman–Crippen LogP) is 2.88. The Morgan fingerprint density at radius 1 is 1.27 bits per heavy atom. The number of halogens is 2. The summed E-state index contributed by atoms with van der Waals surface area (Å²) in [5.41, 5.74) is 2.13. The Bertz CT molecular complexity index is 482. The van der Waals surface area contributed by atoms with Crippen molar-refractivity contribution in [1.29, 1.82) is 0 Å². The van der Waals surface area contributed by atoms with Crippen LogP contribution in [0.25, 0.3) is 11.3 Å². The molecule has 0 fully saturated rings. The molecule has 0 atom stereocenters. The molecule has 0 spiro atoms. The zero-order chi connectivity index (χ0) is 10.8. The minimum Gasteiger partial charge on any atom is -0.390 e. The summed E-state index contributed by atoms with van der Waals surface area (Å²) < 4.78 is 0. The van der Waals surface area contributed by atoms with E-state index in [-0.39, 0.29) is 6.61 Å². The molecule has 0 saturated carbocycles. The molecule has 0 unspecified atom stereocenters. The summed E-state index contributed by atoms with van der Waals surface area (Å²) in [7, 11) is 0. The maximum atomic E-state index is 8.89. The molecule has 2 aromatic rings. The van der Waals surface area contributed by atoms with Gasteiger partial charge in [-0.25, -0.2) is 0 Å². The summed E-state index contributed by atoms with van der Waals surface area (Å²) in [6.07, 6.45) is 0. The first-order valence-electron chi connectivity index (χ1n) is 4.31. The van der Waals surface area contributed by atoms with Gasteiger partial charge in [0.05, 0.1) is 23.0 Å². The average Bonchev–Trinajstić information content (AvgIpc) is 2.66. The highest BCUT2D eigenvalue weighted by molar-refractivity contribution is 6.36. The zero-order valence-electron chi connectivity index (χ0n) is 7.67. The first-order chi connectivity index (χ1) is 7.20. The molecule has 2 N–H and O–H groups in total. The fraction of sp³-hybridized carbons (Fsp3) is 0.100. The Balaban J connectivity index is 2.44. The largest absolute Gasteiger partial charge is 0.390 e. The third kappa shape index (κ3) is 2.15. The van der Waals surface area contributed by atoms with Crippen LogP contribution >= 0.6 is 23.2 Å². The summed E-state index contributed by atoms with van der Waals surface area (Å²) >= 11 is 11.8. The van der Waals surface area contributed by atoms with Crippen molar-refractivity contribution in [3.63, 3.8) is 0 Å². The molecule has 2 rings (SSSR count). The summed E-state index contributed by atoms with van der Waals surface area (Å²) in [5.74, 6) is 0. The van der Waals surface area contributed by atoms with Crippen LogP contribution in [0.3, 0.4) is 0 Å². The zero-order valence-corrected chi connectivity index (χ0v) is 9.18. The summed E-state index contributed by atoms with van der Waals surface area (Å²) in [5, 5.41) is 16.8. The van der Waals surface area contributed by atoms with Gasteiger partial charge in [0.25, 0.3) is 0 Å². The van der Waals surface area contributed by atoms with E-state index in [1.807, 2.05) is 0 Å². The van der Waals surface area contributed by atoms with Crippen molar-refractivity contribution in [3.05, 3.63) is 40.0 Å². The fourth-order valence-electron chi connectivity index (χ4n) is 1.28. The first-order valence-corrected chi connectivity index (χ1v) is 5.07. The van der Waals surface area contributed by atoms with Gasteiger partial charge in [-0.3, -0.25) is 5.10 Å². The van der Waals surface area contributed by atoms with Crippen LogP contribution in [0.2, 0.25) is 10.0 Å². The van der Waals surface area contributed by atoms with E-state index in [0.29, 0.717) is 21.4 Å². The Labute approximate surface area is 96.7 Å². The van der Waals surface area contributed by atoms with Gasteiger partial charge in [0, 0.05) is 10.6 Å². The number of aliphatic hydroxyl groups is 1. The van der Waals surface area contributed by atoms with E-state index in [2.05, 4.69) is 10.2 Å². The fourth-order valence-corrected chi connectivity index (χ4v) is 1.78. The molecule has 0 aliphatic heterocycles. The number of H-pyrrole nitrogens is 1. The van der Waals surface area contributed by atoms with Crippen LogP contribution in [0.1, 0.15) is 5.69 Å². The van der Waals surface area contributed by atoms with E-state index in [0.717, 1.165) is 5.56 Å². The lowest BCUT2D eigenvalue weighted by Gasteiger charge is -1.99. The van der Waals surface area contributed by atoms with Gasteiger partial charge in [-0.1, -0.05) is 23.2 Å². The van der Waals surface area contributed by atoms with Crippen LogP contribution in [0.15, 0.2) is 24.3 Å². The van der Waals surface area contributed by atoms with Crippen LogP contribution in [0, 0.1) is 0 Å². The maximum absolute atomic E-state index is 8.89. The van der Waals surface area contributed by atoms with E-state index in [1.165, 1.54) is 0 Å². The second kappa shape index (κ2) is 4.23. The lowest BCUT2D eigenvalue weighted by atomic mass is 10.1. The number of nitrogens with one attached hydrogen (secondary N) is 1. The number of benzene rings is 1. The summed E-state index contributed by atoms with van der Waals surface area (Å²) in [6.45, 7) is -0.0712. The average molecular weight is 243 g/mol. The van der Waals surface area contributed by atoms with Crippen molar-refractivity contribution < 1.29 is 5.11 Å². The van der Waals surface area contributed by atoms with Gasteiger partial charge in [-0.2, -0.15) is 5.10 Å². The van der Waals surface area contributed by atoms with Crippen LogP contribution in [-0.2, 0) is 6.61 Å². The number of aromatic amines is 1. The quantitative estimate of drug-likeness (QED) is 0.851. The Hall–Kier alpha value is -1.03. The second-order valence-electron chi connectivity index (χ2n) is 3.06. The number of aliphatic hydroxyl groups excluding tert-OH is 1. The molecule has 1 heterocycles. The van der Waals surface area contributed by atoms with Crippen LogP contribution in [-0.4, -0.2) is 15.3 Å². The molecule has 1 aromatic carbocycles. The Morgan fingerprint density at radius 2 is 2.07 bits per heavy atom. The van der Waals surface area contributed by atoms with Gasteiger partial charge in [-0.05, 0) is 24.3 Å². The third-order valence-corrected chi connectivity index (χ3v) is 2.56. The van der Waals surface area contributed by atoms with E-state index in [1.54, 1.807) is 24.3 Å². The lowest BCUT2D eigenvalue weighted by Crippen LogP contribution is -1.80. The molecule has 5 heteroatoms. The van der Waals surface area contributed by atoms with Crippen molar-refractivity contribution in [2.24, 2.45) is 0 Å². The highest BCUT2D eigenvalue weighted by atomic mass is 35.5. The number of rotatable bonds is 2. The Kier molecular flexibility index (Phi) is 2.95. The van der Waals surface area contributed by atoms with Gasteiger partial charge >= 0.3 is 0 Å². The highest BCUT2D eigenvalue weighted by Crippen LogP contribution is 2.29. The van der Waals surface area contributed by atoms with Gasteiger partial charge in [0.2, 0.25) is 0 Å². The summed E-state index contributed by atoms with van der Waals surface area (Å²) in [6, 6.07) is 6.94. The number of aromatic nitrogens is 2. The predicted molar refractivity (Wildman–Crippen MR) is 60.0 cm³/mol. The standard InChI is InChI=1S/C10H8Cl2N2O/c11-6-1-2-8(9(12)3-6)10-4-7(5-15)13-14-10/h1-4,15H,5H2,(H,13,14). The molecule has 0 bridgehead atoms. The van der Waals surface area contributed by atoms with Crippen molar-refractivity contribution in [3.8, 4) is 11.3 Å². The van der Waals surface area contributed by atoms with Crippen molar-refractivity contribution >= 4 is 23.2 Å². The van der Waals surface area contributed by atoms with E-state index in [4.69, 9.17) is 28.3 Å². The lowest BCUT2D eigenvalue weighted by molar-refractivity contribution is 0.276. The molecule has 0 radical (unpaired) electrons. The van der Waals surface area contributed by atoms with Crippen LogP contribution in [0.5, 0.6) is 0 Å². The normalized spacial score (nSPS) is 10.6. The van der Waals surface area contributed by atoms with Gasteiger partial charge in [0.1, 0.15) is 0 Å². The van der Waals surface area contributed by atoms with Crippen LogP contribution in [0.4, 0.5) is 0 Å². The topological polar surface area (TPSA) is 48.9 Å². The maximum Gasteiger partial charge on any atom is 0.0939 e. The second-order valence-corrected chi connectivity index (χ2v) is 3.90. The van der Waals surface area contributed by atoms with Crippen molar-refractivity contribution in [2.75, 3.05) is 0 Å². The minimum absolute atomic E-state index is 0.0712. The Morgan fingerprint density at radius 3 is 2.67 bits per heavy atom. The van der Waals surface area contributed by atoms with Gasteiger partial charge in [-0.15, -0.1) is 0 Å². The number of nitrogens with zero attached hydrogens (tertiary/aromatic N) is 1. The van der Waals surface area contributed by atoms with Crippen LogP contribution < -0.4 is 0 Å². The number of hydrogen-bond donors (Lipinski definition) is 2. The van der Waals surface area contributed by atoms with E-state index >= 15 is 0 Å². The molecule has 1 aromatic heterocycles. The molecule has 0 aliphatic carbocycles. The van der Waals surface area contributed by atoms with Gasteiger partial charge < -0.3 is 5.11 Å². The molecule has 0 saturated heterocycles. The molecule has 15 heavy (non-hydrogen) atoms. The molecule has 0 amide bonds. The SMILES string of the molecule is OCc1cc(-c2ccc(Cl)cc2Cl)n[nH]1. The van der Waals surface area contributed by atoms with Crippen molar-refractivity contribution in [2.45, 2.75) is 6.61 Å². The van der Waals surface area contributed by atoms with E-state index in [9.17, 15) is 0 Å².